The minimum absolute atomic E-state index is 0.148. The fourth-order valence-electron chi connectivity index (χ4n) is 2.09. The number of halogens is 1. The summed E-state index contributed by atoms with van der Waals surface area (Å²) in [5, 5.41) is 0. The number of benzene rings is 2. The van der Waals surface area contributed by atoms with E-state index in [4.69, 9.17) is 0 Å². The Morgan fingerprint density at radius 2 is 1.84 bits per heavy atom. The van der Waals surface area contributed by atoms with Crippen LogP contribution in [0.3, 0.4) is 0 Å². The first-order valence-corrected chi connectivity index (χ1v) is 6.49. The van der Waals surface area contributed by atoms with Gasteiger partial charge in [-0.25, -0.2) is 4.39 Å². The maximum Gasteiger partial charge on any atom is 0.140 e. The van der Waals surface area contributed by atoms with Crippen molar-refractivity contribution in [2.24, 2.45) is 0 Å². The molecule has 2 aromatic carbocycles. The first-order chi connectivity index (χ1) is 9.16. The van der Waals surface area contributed by atoms with Gasteiger partial charge in [-0.1, -0.05) is 49.4 Å². The molecule has 1 nitrogen and oxygen atoms in total. The van der Waals surface area contributed by atoms with Crippen molar-refractivity contribution in [3.8, 4) is 0 Å². The average molecular weight is 256 g/mol. The molecule has 2 rings (SSSR count). The fraction of sp³-hybridized carbons (Fsp3) is 0.235. The zero-order chi connectivity index (χ0) is 13.7. The molecule has 0 heterocycles. The number of aryl methyl sites for hydroxylation is 1. The third-order valence-electron chi connectivity index (χ3n) is 3.33. The van der Waals surface area contributed by atoms with E-state index in [2.05, 4.69) is 0 Å². The Morgan fingerprint density at radius 3 is 2.53 bits per heavy atom. The summed E-state index contributed by atoms with van der Waals surface area (Å²) in [5.74, 6) is -0.394. The SMILES string of the molecule is CC(C(=O)CCc1ccccc1)c1cccc(F)c1. The third kappa shape index (κ3) is 3.75. The highest BCUT2D eigenvalue weighted by Gasteiger charge is 2.15. The smallest absolute Gasteiger partial charge is 0.140 e. The van der Waals surface area contributed by atoms with Gasteiger partial charge in [-0.15, -0.1) is 0 Å². The van der Waals surface area contributed by atoms with Gasteiger partial charge in [0.15, 0.2) is 0 Å². The van der Waals surface area contributed by atoms with Crippen LogP contribution in [0.1, 0.15) is 30.4 Å². The van der Waals surface area contributed by atoms with Gasteiger partial charge in [0.2, 0.25) is 0 Å². The van der Waals surface area contributed by atoms with Crippen molar-refractivity contribution in [2.75, 3.05) is 0 Å². The molecule has 2 heteroatoms. The van der Waals surface area contributed by atoms with Gasteiger partial charge in [0, 0.05) is 12.3 Å². The Hall–Kier alpha value is -1.96. The molecule has 0 aliphatic carbocycles. The van der Waals surface area contributed by atoms with Gasteiger partial charge in [0.1, 0.15) is 11.6 Å². The predicted molar refractivity (Wildman–Crippen MR) is 74.6 cm³/mol. The van der Waals surface area contributed by atoms with Crippen LogP contribution in [0.15, 0.2) is 54.6 Å². The highest BCUT2D eigenvalue weighted by molar-refractivity contribution is 5.85. The van der Waals surface area contributed by atoms with E-state index in [0.717, 1.165) is 17.5 Å². The van der Waals surface area contributed by atoms with Crippen molar-refractivity contribution in [3.05, 3.63) is 71.5 Å². The van der Waals surface area contributed by atoms with E-state index in [-0.39, 0.29) is 17.5 Å². The summed E-state index contributed by atoms with van der Waals surface area (Å²) in [4.78, 5) is 12.1. The molecular weight excluding hydrogens is 239 g/mol. The van der Waals surface area contributed by atoms with Crippen LogP contribution in [-0.4, -0.2) is 5.78 Å². The second-order valence-electron chi connectivity index (χ2n) is 4.73. The van der Waals surface area contributed by atoms with Gasteiger partial charge >= 0.3 is 0 Å². The molecule has 2 aromatic rings. The summed E-state index contributed by atoms with van der Waals surface area (Å²) in [7, 11) is 0. The first-order valence-electron chi connectivity index (χ1n) is 6.49. The van der Waals surface area contributed by atoms with E-state index in [1.165, 1.54) is 12.1 Å². The summed E-state index contributed by atoms with van der Waals surface area (Å²) in [6, 6.07) is 16.2. The lowest BCUT2D eigenvalue weighted by atomic mass is 9.93. The Bertz CT molecular complexity index is 548. The maximum atomic E-state index is 13.1. The van der Waals surface area contributed by atoms with Crippen molar-refractivity contribution in [2.45, 2.75) is 25.7 Å². The van der Waals surface area contributed by atoms with Gasteiger partial charge in [-0.3, -0.25) is 4.79 Å². The van der Waals surface area contributed by atoms with Gasteiger partial charge in [0.25, 0.3) is 0 Å². The van der Waals surface area contributed by atoms with Crippen molar-refractivity contribution < 1.29 is 9.18 Å². The van der Waals surface area contributed by atoms with Crippen molar-refractivity contribution in [1.29, 1.82) is 0 Å². The number of ketones is 1. The second kappa shape index (κ2) is 6.28. The lowest BCUT2D eigenvalue weighted by Gasteiger charge is -2.11. The zero-order valence-electron chi connectivity index (χ0n) is 11.0. The summed E-state index contributed by atoms with van der Waals surface area (Å²) < 4.78 is 13.1. The molecule has 0 saturated heterocycles. The summed E-state index contributed by atoms with van der Waals surface area (Å²) in [6.07, 6.45) is 1.22. The monoisotopic (exact) mass is 256 g/mol. The molecule has 0 radical (unpaired) electrons. The third-order valence-corrected chi connectivity index (χ3v) is 3.33. The Kier molecular flexibility index (Phi) is 4.45. The summed E-state index contributed by atoms with van der Waals surface area (Å²) >= 11 is 0. The van der Waals surface area contributed by atoms with Crippen LogP contribution in [0.5, 0.6) is 0 Å². The molecule has 1 unspecified atom stereocenters. The molecule has 0 N–H and O–H groups in total. The molecular formula is C17H17FO. The van der Waals surface area contributed by atoms with E-state index >= 15 is 0 Å². The van der Waals surface area contributed by atoms with Crippen molar-refractivity contribution >= 4 is 5.78 Å². The van der Waals surface area contributed by atoms with E-state index in [0.29, 0.717) is 6.42 Å². The number of carbonyl (C=O) groups is 1. The minimum atomic E-state index is -0.291. The van der Waals surface area contributed by atoms with E-state index in [1.54, 1.807) is 12.1 Å². The topological polar surface area (TPSA) is 17.1 Å². The standard InChI is InChI=1S/C17H17FO/c1-13(15-8-5-9-16(18)12-15)17(19)11-10-14-6-3-2-4-7-14/h2-9,12-13H,10-11H2,1H3. The van der Waals surface area contributed by atoms with Gasteiger partial charge in [-0.05, 0) is 29.7 Å². The largest absolute Gasteiger partial charge is 0.299 e. The second-order valence-corrected chi connectivity index (χ2v) is 4.73. The lowest BCUT2D eigenvalue weighted by Crippen LogP contribution is -2.10. The molecule has 0 amide bonds. The van der Waals surface area contributed by atoms with Crippen LogP contribution in [0.25, 0.3) is 0 Å². The number of rotatable bonds is 5. The quantitative estimate of drug-likeness (QED) is 0.786. The normalized spacial score (nSPS) is 12.1. The van der Waals surface area contributed by atoms with Crippen LogP contribution < -0.4 is 0 Å². The first kappa shape index (κ1) is 13.5. The van der Waals surface area contributed by atoms with Crippen molar-refractivity contribution in [3.63, 3.8) is 0 Å². The lowest BCUT2D eigenvalue weighted by molar-refractivity contribution is -0.120. The molecule has 0 spiro atoms. The number of Topliss-reactive ketones (excluding diaryl/α,β-unsaturated/α-hetero) is 1. The number of hydrogen-bond acceptors (Lipinski definition) is 1. The summed E-state index contributed by atoms with van der Waals surface area (Å²) in [5.41, 5.74) is 1.90. The maximum absolute atomic E-state index is 13.1. The number of hydrogen-bond donors (Lipinski definition) is 0. The van der Waals surface area contributed by atoms with Gasteiger partial charge < -0.3 is 0 Å². The highest BCUT2D eigenvalue weighted by Crippen LogP contribution is 2.19. The highest BCUT2D eigenvalue weighted by atomic mass is 19.1. The Balaban J connectivity index is 1.96. The summed E-state index contributed by atoms with van der Waals surface area (Å²) in [6.45, 7) is 1.84. The van der Waals surface area contributed by atoms with Gasteiger partial charge in [-0.2, -0.15) is 0 Å². The molecule has 1 atom stereocenters. The molecule has 0 saturated carbocycles. The molecule has 19 heavy (non-hydrogen) atoms. The predicted octanol–water partition coefficient (Wildman–Crippen LogP) is 4.13. The van der Waals surface area contributed by atoms with Crippen LogP contribution in [-0.2, 0) is 11.2 Å². The number of carbonyl (C=O) groups excluding carboxylic acids is 1. The van der Waals surface area contributed by atoms with E-state index in [1.807, 2.05) is 37.3 Å². The van der Waals surface area contributed by atoms with Crippen LogP contribution in [0, 0.1) is 5.82 Å². The van der Waals surface area contributed by atoms with E-state index < -0.39 is 0 Å². The zero-order valence-corrected chi connectivity index (χ0v) is 11.0. The molecule has 0 aromatic heterocycles. The van der Waals surface area contributed by atoms with E-state index in [9.17, 15) is 9.18 Å². The fourth-order valence-corrected chi connectivity index (χ4v) is 2.09. The molecule has 98 valence electrons. The van der Waals surface area contributed by atoms with Gasteiger partial charge in [0.05, 0.1) is 0 Å². The molecule has 0 aliphatic heterocycles. The van der Waals surface area contributed by atoms with Crippen LogP contribution >= 0.6 is 0 Å². The average Bonchev–Trinajstić information content (AvgIpc) is 2.45. The Morgan fingerprint density at radius 1 is 1.11 bits per heavy atom. The van der Waals surface area contributed by atoms with Crippen LogP contribution in [0.2, 0.25) is 0 Å². The Labute approximate surface area is 113 Å². The van der Waals surface area contributed by atoms with Crippen LogP contribution in [0.4, 0.5) is 4.39 Å². The molecule has 0 bridgehead atoms. The van der Waals surface area contributed by atoms with Crippen molar-refractivity contribution in [1.82, 2.24) is 0 Å². The molecule has 0 aliphatic rings. The molecule has 0 fully saturated rings. The minimum Gasteiger partial charge on any atom is -0.299 e.